The molecule has 3 rings (SSSR count). The predicted molar refractivity (Wildman–Crippen MR) is 144 cm³/mol. The van der Waals surface area contributed by atoms with E-state index in [1.54, 1.807) is 44.3 Å². The van der Waals surface area contributed by atoms with E-state index < -0.39 is 12.1 Å². The van der Waals surface area contributed by atoms with Gasteiger partial charge >= 0.3 is 5.97 Å². The molecule has 1 aromatic heterocycles. The maximum atomic E-state index is 13.2. The van der Waals surface area contributed by atoms with Crippen LogP contribution in [-0.4, -0.2) is 41.2 Å². The first-order valence-corrected chi connectivity index (χ1v) is 12.6. The predicted octanol–water partition coefficient (Wildman–Crippen LogP) is 5.06. The third-order valence-corrected chi connectivity index (χ3v) is 5.74. The molecule has 0 saturated carbocycles. The van der Waals surface area contributed by atoms with Crippen LogP contribution < -0.4 is 15.0 Å². The zero-order valence-electron chi connectivity index (χ0n) is 20.9. The number of hydrogen-bond donors (Lipinski definition) is 0. The molecule has 0 amide bonds. The van der Waals surface area contributed by atoms with Crippen molar-refractivity contribution in [2.45, 2.75) is 46.6 Å². The average molecular weight is 556 g/mol. The SMILES string of the molecule is C=CCc1cc(C=Nn2c(CC)nc3ccc(Br)cc3c2=O)cc(OCC)c1O[C@H](C)C(=O)OCC. The molecule has 8 nitrogen and oxygen atoms in total. The fourth-order valence-electron chi connectivity index (χ4n) is 3.61. The van der Waals surface area contributed by atoms with E-state index in [2.05, 4.69) is 32.6 Å². The summed E-state index contributed by atoms with van der Waals surface area (Å²) in [5.74, 6) is 0.985. The number of benzene rings is 2. The van der Waals surface area contributed by atoms with Crippen LogP contribution in [0.1, 0.15) is 44.6 Å². The molecular formula is C27H30BrN3O5. The normalized spacial score (nSPS) is 12.0. The minimum Gasteiger partial charge on any atom is -0.490 e. The Labute approximate surface area is 218 Å². The minimum absolute atomic E-state index is 0.256. The van der Waals surface area contributed by atoms with E-state index in [4.69, 9.17) is 14.2 Å². The first kappa shape index (κ1) is 27.1. The van der Waals surface area contributed by atoms with Crippen LogP contribution in [0.4, 0.5) is 0 Å². The van der Waals surface area contributed by atoms with E-state index in [-0.39, 0.29) is 12.2 Å². The molecule has 0 bridgehead atoms. The molecule has 0 aliphatic heterocycles. The van der Waals surface area contributed by atoms with Crippen LogP contribution in [-0.2, 0) is 22.4 Å². The number of allylic oxidation sites excluding steroid dienone is 1. The number of hydrogen-bond acceptors (Lipinski definition) is 7. The maximum Gasteiger partial charge on any atom is 0.347 e. The van der Waals surface area contributed by atoms with Gasteiger partial charge in [-0.05, 0) is 63.1 Å². The molecule has 0 spiro atoms. The third-order valence-electron chi connectivity index (χ3n) is 5.25. The lowest BCUT2D eigenvalue weighted by Gasteiger charge is -2.20. The van der Waals surface area contributed by atoms with Crippen molar-refractivity contribution < 1.29 is 19.0 Å². The molecule has 3 aromatic rings. The Morgan fingerprint density at radius 2 is 2.00 bits per heavy atom. The summed E-state index contributed by atoms with van der Waals surface area (Å²) < 4.78 is 19.0. The third kappa shape index (κ3) is 6.20. The van der Waals surface area contributed by atoms with Gasteiger partial charge in [-0.1, -0.05) is 28.9 Å². The van der Waals surface area contributed by atoms with E-state index in [9.17, 15) is 9.59 Å². The van der Waals surface area contributed by atoms with Crippen LogP contribution in [0.25, 0.3) is 10.9 Å². The average Bonchev–Trinajstić information content (AvgIpc) is 2.85. The number of halogens is 1. The van der Waals surface area contributed by atoms with Crippen molar-refractivity contribution in [2.24, 2.45) is 5.10 Å². The summed E-state index contributed by atoms with van der Waals surface area (Å²) in [7, 11) is 0. The number of carbonyl (C=O) groups excluding carboxylic acids is 1. The molecule has 190 valence electrons. The number of aryl methyl sites for hydroxylation is 1. The topological polar surface area (TPSA) is 92.0 Å². The largest absolute Gasteiger partial charge is 0.490 e. The Morgan fingerprint density at radius 1 is 1.22 bits per heavy atom. The number of ether oxygens (including phenoxy) is 3. The van der Waals surface area contributed by atoms with Crippen molar-refractivity contribution in [1.82, 2.24) is 9.66 Å². The van der Waals surface area contributed by atoms with Gasteiger partial charge in [0, 0.05) is 16.5 Å². The lowest BCUT2D eigenvalue weighted by atomic mass is 10.1. The lowest BCUT2D eigenvalue weighted by Crippen LogP contribution is -2.26. The summed E-state index contributed by atoms with van der Waals surface area (Å²) >= 11 is 3.41. The van der Waals surface area contributed by atoms with Crippen molar-refractivity contribution >= 4 is 39.0 Å². The summed E-state index contributed by atoms with van der Waals surface area (Å²) in [4.78, 5) is 30.0. The van der Waals surface area contributed by atoms with Crippen molar-refractivity contribution in [3.63, 3.8) is 0 Å². The highest BCUT2D eigenvalue weighted by Gasteiger charge is 2.21. The van der Waals surface area contributed by atoms with Crippen LogP contribution in [0.3, 0.4) is 0 Å². The summed E-state index contributed by atoms with van der Waals surface area (Å²) in [6, 6.07) is 9.02. The van der Waals surface area contributed by atoms with Crippen LogP contribution >= 0.6 is 15.9 Å². The van der Waals surface area contributed by atoms with Gasteiger partial charge in [0.05, 0.1) is 30.3 Å². The first-order valence-electron chi connectivity index (χ1n) is 11.8. The van der Waals surface area contributed by atoms with Crippen LogP contribution in [0, 0.1) is 0 Å². The Morgan fingerprint density at radius 3 is 2.67 bits per heavy atom. The highest BCUT2D eigenvalue weighted by Crippen LogP contribution is 2.34. The van der Waals surface area contributed by atoms with Gasteiger partial charge in [-0.3, -0.25) is 4.79 Å². The molecule has 0 saturated heterocycles. The number of carbonyl (C=O) groups is 1. The van der Waals surface area contributed by atoms with Gasteiger partial charge in [0.1, 0.15) is 5.82 Å². The van der Waals surface area contributed by atoms with E-state index >= 15 is 0 Å². The van der Waals surface area contributed by atoms with Gasteiger partial charge in [-0.15, -0.1) is 6.58 Å². The van der Waals surface area contributed by atoms with Crippen molar-refractivity contribution in [2.75, 3.05) is 13.2 Å². The van der Waals surface area contributed by atoms with Crippen molar-refractivity contribution in [3.05, 3.63) is 74.8 Å². The van der Waals surface area contributed by atoms with Gasteiger partial charge in [-0.25, -0.2) is 9.78 Å². The van der Waals surface area contributed by atoms with Gasteiger partial charge < -0.3 is 14.2 Å². The summed E-state index contributed by atoms with van der Waals surface area (Å²) in [6.45, 7) is 11.6. The number of rotatable bonds is 11. The number of fused-ring (bicyclic) bond motifs is 1. The van der Waals surface area contributed by atoms with Crippen LogP contribution in [0.15, 0.2) is 57.4 Å². The van der Waals surface area contributed by atoms with Crippen LogP contribution in [0.2, 0.25) is 0 Å². The molecule has 0 radical (unpaired) electrons. The molecule has 1 atom stereocenters. The molecule has 0 unspecified atom stereocenters. The molecule has 36 heavy (non-hydrogen) atoms. The smallest absolute Gasteiger partial charge is 0.347 e. The molecule has 0 aliphatic carbocycles. The zero-order chi connectivity index (χ0) is 26.2. The van der Waals surface area contributed by atoms with E-state index in [0.717, 1.165) is 10.0 Å². The monoisotopic (exact) mass is 555 g/mol. The Bertz CT molecular complexity index is 1350. The maximum absolute atomic E-state index is 13.2. The second-order valence-electron chi connectivity index (χ2n) is 7.85. The Hall–Kier alpha value is -3.46. The van der Waals surface area contributed by atoms with Gasteiger partial charge in [0.2, 0.25) is 0 Å². The molecular weight excluding hydrogens is 526 g/mol. The second kappa shape index (κ2) is 12.5. The Kier molecular flexibility index (Phi) is 9.41. The van der Waals surface area contributed by atoms with E-state index in [1.807, 2.05) is 26.0 Å². The lowest BCUT2D eigenvalue weighted by molar-refractivity contribution is -0.150. The zero-order valence-corrected chi connectivity index (χ0v) is 22.5. The molecule has 0 aliphatic rings. The first-order chi connectivity index (χ1) is 17.3. The molecule has 0 N–H and O–H groups in total. The summed E-state index contributed by atoms with van der Waals surface area (Å²) in [5.41, 5.74) is 1.82. The number of aromatic nitrogens is 2. The van der Waals surface area contributed by atoms with Gasteiger partial charge in [0.15, 0.2) is 17.6 Å². The number of nitrogens with zero attached hydrogens (tertiary/aromatic N) is 3. The second-order valence-corrected chi connectivity index (χ2v) is 8.77. The van der Waals surface area contributed by atoms with E-state index in [1.165, 1.54) is 4.68 Å². The van der Waals surface area contributed by atoms with E-state index in [0.29, 0.717) is 53.2 Å². The Balaban J connectivity index is 2.08. The highest BCUT2D eigenvalue weighted by atomic mass is 79.9. The van der Waals surface area contributed by atoms with Crippen molar-refractivity contribution in [3.8, 4) is 11.5 Å². The minimum atomic E-state index is -0.819. The molecule has 0 fully saturated rings. The number of esters is 1. The highest BCUT2D eigenvalue weighted by molar-refractivity contribution is 9.10. The fraction of sp³-hybridized carbons (Fsp3) is 0.333. The van der Waals surface area contributed by atoms with Crippen molar-refractivity contribution in [1.29, 1.82) is 0 Å². The summed E-state index contributed by atoms with van der Waals surface area (Å²) in [5, 5.41) is 4.95. The molecule has 1 heterocycles. The van der Waals surface area contributed by atoms with Gasteiger partial charge in [0.25, 0.3) is 5.56 Å². The van der Waals surface area contributed by atoms with Crippen LogP contribution in [0.5, 0.6) is 11.5 Å². The summed E-state index contributed by atoms with van der Waals surface area (Å²) in [6.07, 6.45) is 3.50. The quantitative estimate of drug-likeness (QED) is 0.186. The standard InChI is InChI=1S/C27H30BrN3O5/c1-6-10-19-13-18(14-23(34-8-3)25(19)36-17(5)27(33)35-9-4)16-29-31-24(7-2)30-22-12-11-20(28)15-21(22)26(31)32/h6,11-17H,1,7-10H2,2-5H3/t17-/m1/s1. The fourth-order valence-corrected chi connectivity index (χ4v) is 3.97. The van der Waals surface area contributed by atoms with Gasteiger partial charge in [-0.2, -0.15) is 9.78 Å². The molecule has 9 heteroatoms. The molecule has 2 aromatic carbocycles.